The minimum atomic E-state index is -0.647. The monoisotopic (exact) mass is 155 g/mol. The number of hydrogen-bond donors (Lipinski definition) is 0. The smallest absolute Gasteiger partial charge is 0.306 e. The van der Waals surface area contributed by atoms with Crippen LogP contribution in [0.2, 0.25) is 0 Å². The molecule has 1 fully saturated rings. The van der Waals surface area contributed by atoms with E-state index in [9.17, 15) is 9.59 Å². The van der Waals surface area contributed by atoms with Gasteiger partial charge >= 0.3 is 5.97 Å². The van der Waals surface area contributed by atoms with Gasteiger partial charge < -0.3 is 4.74 Å². The number of rotatable bonds is 2. The first-order chi connectivity index (χ1) is 5.06. The van der Waals surface area contributed by atoms with Crippen LogP contribution in [0.1, 0.15) is 26.7 Å². The number of esters is 1. The summed E-state index contributed by atoms with van der Waals surface area (Å²) >= 11 is 0. The van der Waals surface area contributed by atoms with Crippen molar-refractivity contribution in [3.8, 4) is 0 Å². The van der Waals surface area contributed by atoms with Gasteiger partial charge in [0.2, 0.25) is 6.29 Å². The first-order valence-electron chi connectivity index (χ1n) is 3.65. The van der Waals surface area contributed by atoms with Gasteiger partial charge in [0.1, 0.15) is 6.10 Å². The number of cyclic esters (lactones) is 1. The van der Waals surface area contributed by atoms with Crippen molar-refractivity contribution in [2.24, 2.45) is 5.41 Å². The lowest BCUT2D eigenvalue weighted by Crippen LogP contribution is -2.30. The Kier molecular flexibility index (Phi) is 1.98. The standard InChI is InChI=1S/C8H11O3/c1-8(2,5-9)6-3-4-7(10)11-6/h6H,3-4H2,1-2H3. The molecule has 0 aromatic carbocycles. The highest BCUT2D eigenvalue weighted by Gasteiger charge is 2.37. The fourth-order valence-corrected chi connectivity index (χ4v) is 1.10. The lowest BCUT2D eigenvalue weighted by Gasteiger charge is -2.22. The molecule has 1 aliphatic rings. The van der Waals surface area contributed by atoms with Gasteiger partial charge in [-0.2, -0.15) is 0 Å². The second-order valence-corrected chi connectivity index (χ2v) is 3.34. The van der Waals surface area contributed by atoms with E-state index in [0.29, 0.717) is 12.8 Å². The topological polar surface area (TPSA) is 43.4 Å². The first kappa shape index (κ1) is 8.24. The first-order valence-corrected chi connectivity index (χ1v) is 3.65. The van der Waals surface area contributed by atoms with Crippen LogP contribution in [-0.2, 0) is 14.3 Å². The van der Waals surface area contributed by atoms with E-state index in [1.807, 2.05) is 6.29 Å². The Bertz CT molecular complexity index is 184. The summed E-state index contributed by atoms with van der Waals surface area (Å²) in [6.07, 6.45) is 2.67. The fourth-order valence-electron chi connectivity index (χ4n) is 1.10. The highest BCUT2D eigenvalue weighted by Crippen LogP contribution is 2.29. The molecule has 1 saturated heterocycles. The van der Waals surface area contributed by atoms with Crippen LogP contribution in [0.15, 0.2) is 0 Å². The summed E-state index contributed by atoms with van der Waals surface area (Å²) in [4.78, 5) is 21.1. The summed E-state index contributed by atoms with van der Waals surface area (Å²) in [5, 5.41) is 0. The molecule has 0 saturated carbocycles. The Morgan fingerprint density at radius 1 is 1.64 bits per heavy atom. The van der Waals surface area contributed by atoms with Crippen molar-refractivity contribution in [2.45, 2.75) is 32.8 Å². The maximum absolute atomic E-state index is 10.7. The summed E-state index contributed by atoms with van der Waals surface area (Å²) in [6, 6.07) is 0. The van der Waals surface area contributed by atoms with Crippen LogP contribution in [0.25, 0.3) is 0 Å². The van der Waals surface area contributed by atoms with Gasteiger partial charge in [0.15, 0.2) is 0 Å². The van der Waals surface area contributed by atoms with Crippen LogP contribution in [0.4, 0.5) is 0 Å². The molecular weight excluding hydrogens is 144 g/mol. The summed E-state index contributed by atoms with van der Waals surface area (Å²) in [5.41, 5.74) is -0.647. The average molecular weight is 155 g/mol. The SMILES string of the molecule is CC(C)([C]=O)C1CCC(=O)O1. The molecule has 3 heteroatoms. The van der Waals surface area contributed by atoms with E-state index in [0.717, 1.165) is 0 Å². The number of carbonyl (C=O) groups excluding carboxylic acids is 2. The molecule has 0 aliphatic carbocycles. The molecule has 3 nitrogen and oxygen atoms in total. The largest absolute Gasteiger partial charge is 0.461 e. The molecular formula is C8H11O3. The Hall–Kier alpha value is -0.860. The van der Waals surface area contributed by atoms with Crippen LogP contribution in [-0.4, -0.2) is 18.4 Å². The van der Waals surface area contributed by atoms with Gasteiger partial charge in [-0.05, 0) is 20.3 Å². The van der Waals surface area contributed by atoms with Gasteiger partial charge in [0.25, 0.3) is 0 Å². The van der Waals surface area contributed by atoms with Crippen molar-refractivity contribution in [3.63, 3.8) is 0 Å². The van der Waals surface area contributed by atoms with Crippen LogP contribution >= 0.6 is 0 Å². The highest BCUT2D eigenvalue weighted by atomic mass is 16.5. The van der Waals surface area contributed by atoms with Crippen molar-refractivity contribution in [2.75, 3.05) is 0 Å². The quantitative estimate of drug-likeness (QED) is 0.555. The van der Waals surface area contributed by atoms with E-state index < -0.39 is 5.41 Å². The molecule has 1 aliphatic heterocycles. The van der Waals surface area contributed by atoms with E-state index in [2.05, 4.69) is 0 Å². The molecule has 11 heavy (non-hydrogen) atoms. The van der Waals surface area contributed by atoms with Crippen molar-refractivity contribution >= 4 is 12.3 Å². The third-order valence-corrected chi connectivity index (χ3v) is 1.95. The second kappa shape index (κ2) is 2.64. The zero-order valence-corrected chi connectivity index (χ0v) is 6.72. The molecule has 0 aromatic heterocycles. The van der Waals surface area contributed by atoms with Crippen LogP contribution in [0, 0.1) is 5.41 Å². The lowest BCUT2D eigenvalue weighted by atomic mass is 9.87. The van der Waals surface area contributed by atoms with E-state index in [-0.39, 0.29) is 12.1 Å². The van der Waals surface area contributed by atoms with E-state index in [1.165, 1.54) is 0 Å². The predicted octanol–water partition coefficient (Wildman–Crippen LogP) is 0.828. The molecule has 1 radical (unpaired) electrons. The Morgan fingerprint density at radius 3 is 2.64 bits per heavy atom. The third-order valence-electron chi connectivity index (χ3n) is 1.95. The van der Waals surface area contributed by atoms with Crippen LogP contribution in [0.3, 0.4) is 0 Å². The minimum absolute atomic E-state index is 0.210. The maximum atomic E-state index is 10.7. The van der Waals surface area contributed by atoms with Gasteiger partial charge in [-0.15, -0.1) is 0 Å². The Balaban J connectivity index is 2.62. The van der Waals surface area contributed by atoms with Gasteiger partial charge in [-0.3, -0.25) is 9.59 Å². The van der Waals surface area contributed by atoms with Crippen LogP contribution in [0.5, 0.6) is 0 Å². The lowest BCUT2D eigenvalue weighted by molar-refractivity contribution is -0.143. The highest BCUT2D eigenvalue weighted by molar-refractivity contribution is 5.73. The zero-order valence-electron chi connectivity index (χ0n) is 6.72. The second-order valence-electron chi connectivity index (χ2n) is 3.34. The molecule has 1 heterocycles. The average Bonchev–Trinajstić information content (AvgIpc) is 2.36. The van der Waals surface area contributed by atoms with Gasteiger partial charge in [-0.25, -0.2) is 0 Å². The molecule has 1 unspecified atom stereocenters. The predicted molar refractivity (Wildman–Crippen MR) is 38.6 cm³/mol. The van der Waals surface area contributed by atoms with Gasteiger partial charge in [-0.1, -0.05) is 0 Å². The molecule has 0 N–H and O–H groups in total. The summed E-state index contributed by atoms with van der Waals surface area (Å²) in [5.74, 6) is -0.210. The number of carbonyl (C=O) groups is 1. The number of hydrogen-bond acceptors (Lipinski definition) is 3. The summed E-state index contributed by atoms with van der Waals surface area (Å²) < 4.78 is 4.92. The summed E-state index contributed by atoms with van der Waals surface area (Å²) in [6.45, 7) is 3.45. The minimum Gasteiger partial charge on any atom is -0.461 e. The van der Waals surface area contributed by atoms with E-state index in [1.54, 1.807) is 13.8 Å². The molecule has 61 valence electrons. The van der Waals surface area contributed by atoms with E-state index >= 15 is 0 Å². The van der Waals surface area contributed by atoms with E-state index in [4.69, 9.17) is 4.74 Å². The summed E-state index contributed by atoms with van der Waals surface area (Å²) in [7, 11) is 0. The van der Waals surface area contributed by atoms with Gasteiger partial charge in [0, 0.05) is 6.42 Å². The zero-order chi connectivity index (χ0) is 8.48. The third kappa shape index (κ3) is 1.59. The molecule has 0 spiro atoms. The van der Waals surface area contributed by atoms with Crippen molar-refractivity contribution in [1.29, 1.82) is 0 Å². The normalized spacial score (nSPS) is 24.9. The molecule has 0 aromatic rings. The Labute approximate surface area is 65.7 Å². The molecule has 1 atom stereocenters. The van der Waals surface area contributed by atoms with Crippen molar-refractivity contribution in [3.05, 3.63) is 0 Å². The fraction of sp³-hybridized carbons (Fsp3) is 0.750. The van der Waals surface area contributed by atoms with Crippen LogP contribution < -0.4 is 0 Å². The number of ether oxygens (including phenoxy) is 1. The van der Waals surface area contributed by atoms with Crippen molar-refractivity contribution in [1.82, 2.24) is 0 Å². The van der Waals surface area contributed by atoms with Crippen molar-refractivity contribution < 1.29 is 14.3 Å². The Morgan fingerprint density at radius 2 is 2.27 bits per heavy atom. The molecule has 0 amide bonds. The molecule has 0 bridgehead atoms. The maximum Gasteiger partial charge on any atom is 0.306 e. The van der Waals surface area contributed by atoms with Gasteiger partial charge in [0.05, 0.1) is 5.41 Å². The molecule has 1 rings (SSSR count).